The highest BCUT2D eigenvalue weighted by atomic mass is 35.5. The van der Waals surface area contributed by atoms with Gasteiger partial charge in [-0.15, -0.1) is 0 Å². The van der Waals surface area contributed by atoms with Gasteiger partial charge >= 0.3 is 0 Å². The average Bonchev–Trinajstić information content (AvgIpc) is 3.11. The number of carbonyl (C=O) groups is 1. The zero-order valence-electron chi connectivity index (χ0n) is 15.8. The molecular weight excluding hydrogens is 399 g/mol. The van der Waals surface area contributed by atoms with Crippen LogP contribution < -0.4 is 4.74 Å². The maximum atomic E-state index is 13.1. The summed E-state index contributed by atoms with van der Waals surface area (Å²) in [5.41, 5.74) is 4.15. The lowest BCUT2D eigenvalue weighted by molar-refractivity contribution is 0.0665. The highest BCUT2D eigenvalue weighted by Gasteiger charge is 2.33. The second-order valence-corrected chi connectivity index (χ2v) is 7.61. The Kier molecular flexibility index (Phi) is 4.93. The minimum atomic E-state index is -0.201. The fraction of sp³-hybridized carbons (Fsp3) is 0.350. The molecule has 1 aromatic carbocycles. The van der Waals surface area contributed by atoms with Crippen LogP contribution in [0.1, 0.15) is 47.3 Å². The molecular formula is C20H20Cl2N4O2. The van der Waals surface area contributed by atoms with E-state index in [1.165, 1.54) is 19.5 Å². The Bertz CT molecular complexity index is 1060. The van der Waals surface area contributed by atoms with Crippen LogP contribution in [-0.4, -0.2) is 39.4 Å². The Morgan fingerprint density at radius 2 is 2.07 bits per heavy atom. The Labute approximate surface area is 172 Å². The number of halogens is 2. The van der Waals surface area contributed by atoms with Crippen LogP contribution in [0.25, 0.3) is 10.9 Å². The maximum absolute atomic E-state index is 13.1. The molecule has 28 heavy (non-hydrogen) atoms. The van der Waals surface area contributed by atoms with Gasteiger partial charge in [0.15, 0.2) is 5.75 Å². The first-order chi connectivity index (χ1) is 13.5. The summed E-state index contributed by atoms with van der Waals surface area (Å²) in [6.07, 6.45) is 4.53. The van der Waals surface area contributed by atoms with Crippen LogP contribution in [0.3, 0.4) is 0 Å². The molecule has 8 heteroatoms. The van der Waals surface area contributed by atoms with E-state index in [1.54, 1.807) is 4.90 Å². The first kappa shape index (κ1) is 19.0. The molecule has 1 aliphatic rings. The van der Waals surface area contributed by atoms with Crippen LogP contribution in [0.5, 0.6) is 5.75 Å². The number of methoxy groups -OCH3 is 1. The van der Waals surface area contributed by atoms with Crippen LogP contribution in [-0.2, 0) is 12.8 Å². The van der Waals surface area contributed by atoms with Crippen molar-refractivity contribution in [3.05, 3.63) is 51.2 Å². The first-order valence-electron chi connectivity index (χ1n) is 9.14. The SMILES string of the molecule is CCc1cc(Cl)c(Cl)c2[nH]c3c(c12)[C@@H](C)N(C(=O)c1ncc(OC)cn1)CC3. The fourth-order valence-electron chi connectivity index (χ4n) is 3.93. The summed E-state index contributed by atoms with van der Waals surface area (Å²) in [5, 5.41) is 2.12. The number of fused-ring (bicyclic) bond motifs is 3. The van der Waals surface area contributed by atoms with E-state index in [2.05, 4.69) is 21.9 Å². The summed E-state index contributed by atoms with van der Waals surface area (Å²) < 4.78 is 5.07. The average molecular weight is 419 g/mol. The fourth-order valence-corrected chi connectivity index (χ4v) is 4.35. The van der Waals surface area contributed by atoms with E-state index in [0.717, 1.165) is 34.1 Å². The van der Waals surface area contributed by atoms with Gasteiger partial charge in [-0.1, -0.05) is 30.1 Å². The van der Waals surface area contributed by atoms with Gasteiger partial charge in [-0.3, -0.25) is 4.79 Å². The van der Waals surface area contributed by atoms with Crippen LogP contribution in [0.4, 0.5) is 0 Å². The lowest BCUT2D eigenvalue weighted by Gasteiger charge is -2.33. The molecule has 1 atom stereocenters. The second-order valence-electron chi connectivity index (χ2n) is 6.82. The van der Waals surface area contributed by atoms with E-state index in [4.69, 9.17) is 27.9 Å². The van der Waals surface area contributed by atoms with Crippen molar-refractivity contribution >= 4 is 40.0 Å². The molecule has 3 heterocycles. The smallest absolute Gasteiger partial charge is 0.292 e. The zero-order chi connectivity index (χ0) is 20.0. The van der Waals surface area contributed by atoms with Gasteiger partial charge in [0.05, 0.1) is 41.1 Å². The van der Waals surface area contributed by atoms with E-state index >= 15 is 0 Å². The van der Waals surface area contributed by atoms with Crippen LogP contribution >= 0.6 is 23.2 Å². The number of H-pyrrole nitrogens is 1. The van der Waals surface area contributed by atoms with Gasteiger partial charge in [0.1, 0.15) is 0 Å². The second kappa shape index (κ2) is 7.26. The predicted molar refractivity (Wildman–Crippen MR) is 109 cm³/mol. The third-order valence-electron chi connectivity index (χ3n) is 5.36. The van der Waals surface area contributed by atoms with Crippen molar-refractivity contribution in [1.82, 2.24) is 19.9 Å². The molecule has 0 fully saturated rings. The molecule has 0 spiro atoms. The third-order valence-corrected chi connectivity index (χ3v) is 6.14. The topological polar surface area (TPSA) is 71.1 Å². The normalized spacial score (nSPS) is 16.3. The number of ether oxygens (including phenoxy) is 1. The Morgan fingerprint density at radius 1 is 1.36 bits per heavy atom. The number of aromatic amines is 1. The molecule has 1 aliphatic heterocycles. The Morgan fingerprint density at radius 3 is 2.71 bits per heavy atom. The number of hydrogen-bond donors (Lipinski definition) is 1. The van der Waals surface area contributed by atoms with Crippen molar-refractivity contribution in [1.29, 1.82) is 0 Å². The van der Waals surface area contributed by atoms with Crippen molar-refractivity contribution in [2.24, 2.45) is 0 Å². The molecule has 0 saturated heterocycles. The first-order valence-corrected chi connectivity index (χ1v) is 9.90. The number of carbonyl (C=O) groups excluding carboxylic acids is 1. The van der Waals surface area contributed by atoms with Gasteiger partial charge in [-0.2, -0.15) is 0 Å². The van der Waals surface area contributed by atoms with E-state index in [1.807, 2.05) is 13.0 Å². The van der Waals surface area contributed by atoms with Crippen LogP contribution in [0.15, 0.2) is 18.5 Å². The van der Waals surface area contributed by atoms with Crippen molar-refractivity contribution < 1.29 is 9.53 Å². The molecule has 0 aliphatic carbocycles. The number of aryl methyl sites for hydroxylation is 1. The van der Waals surface area contributed by atoms with Crippen LogP contribution in [0, 0.1) is 0 Å². The summed E-state index contributed by atoms with van der Waals surface area (Å²) in [7, 11) is 1.54. The number of amides is 1. The van der Waals surface area contributed by atoms with Crippen molar-refractivity contribution in [2.45, 2.75) is 32.7 Å². The van der Waals surface area contributed by atoms with E-state index in [-0.39, 0.29) is 17.8 Å². The molecule has 0 saturated carbocycles. The van der Waals surface area contributed by atoms with Crippen molar-refractivity contribution in [3.63, 3.8) is 0 Å². The highest BCUT2D eigenvalue weighted by molar-refractivity contribution is 6.45. The van der Waals surface area contributed by atoms with E-state index in [9.17, 15) is 4.79 Å². The molecule has 146 valence electrons. The molecule has 3 aromatic rings. The molecule has 0 bridgehead atoms. The van der Waals surface area contributed by atoms with Crippen molar-refractivity contribution in [3.8, 4) is 5.75 Å². The van der Waals surface area contributed by atoms with Gasteiger partial charge in [0, 0.05) is 29.6 Å². The number of aromatic nitrogens is 3. The van der Waals surface area contributed by atoms with E-state index in [0.29, 0.717) is 28.8 Å². The minimum Gasteiger partial charge on any atom is -0.494 e. The van der Waals surface area contributed by atoms with Gasteiger partial charge in [0.25, 0.3) is 5.91 Å². The summed E-state index contributed by atoms with van der Waals surface area (Å²) >= 11 is 12.8. The summed E-state index contributed by atoms with van der Waals surface area (Å²) in [6, 6.07) is 1.78. The molecule has 0 unspecified atom stereocenters. The summed E-state index contributed by atoms with van der Waals surface area (Å²) in [4.78, 5) is 26.6. The van der Waals surface area contributed by atoms with Gasteiger partial charge in [-0.05, 0) is 25.0 Å². The zero-order valence-corrected chi connectivity index (χ0v) is 17.4. The number of benzene rings is 1. The monoisotopic (exact) mass is 418 g/mol. The quantitative estimate of drug-likeness (QED) is 0.674. The largest absolute Gasteiger partial charge is 0.494 e. The van der Waals surface area contributed by atoms with Gasteiger partial charge in [-0.25, -0.2) is 9.97 Å². The Balaban J connectivity index is 1.78. The molecule has 1 N–H and O–H groups in total. The number of hydrogen-bond acceptors (Lipinski definition) is 4. The molecule has 1 amide bonds. The number of nitrogens with one attached hydrogen (secondary N) is 1. The standard InChI is InChI=1S/C20H20Cl2N4O2/c1-4-11-7-13(21)17(22)18-16(11)15-10(2)26(6-5-14(15)25-18)20(27)19-23-8-12(28-3)9-24-19/h7-10,25H,4-6H2,1-3H3/t10-/m1/s1. The van der Waals surface area contributed by atoms with Gasteiger partial charge < -0.3 is 14.6 Å². The number of rotatable bonds is 3. The molecule has 6 nitrogen and oxygen atoms in total. The highest BCUT2D eigenvalue weighted by Crippen LogP contribution is 2.42. The lowest BCUT2D eigenvalue weighted by atomic mass is 9.93. The third kappa shape index (κ3) is 2.91. The lowest BCUT2D eigenvalue weighted by Crippen LogP contribution is -2.39. The summed E-state index contributed by atoms with van der Waals surface area (Å²) in [6.45, 7) is 4.68. The maximum Gasteiger partial charge on any atom is 0.292 e. The Hall–Kier alpha value is -2.31. The molecule has 4 rings (SSSR count). The minimum absolute atomic E-state index is 0.141. The molecule has 0 radical (unpaired) electrons. The van der Waals surface area contributed by atoms with E-state index < -0.39 is 0 Å². The molecule has 2 aromatic heterocycles. The predicted octanol–water partition coefficient (Wildman–Crippen LogP) is 4.60. The van der Waals surface area contributed by atoms with Gasteiger partial charge in [0.2, 0.25) is 5.82 Å². The number of nitrogens with zero attached hydrogens (tertiary/aromatic N) is 3. The van der Waals surface area contributed by atoms with Crippen molar-refractivity contribution in [2.75, 3.05) is 13.7 Å². The summed E-state index contributed by atoms with van der Waals surface area (Å²) in [5.74, 6) is 0.474. The van der Waals surface area contributed by atoms with Crippen LogP contribution in [0.2, 0.25) is 10.0 Å².